The van der Waals surface area contributed by atoms with E-state index in [-0.39, 0.29) is 5.82 Å². The van der Waals surface area contributed by atoms with Crippen molar-refractivity contribution in [3.8, 4) is 22.6 Å². The standard InChI is InChI=1S/C15H9FN5/c16-11-4-1-9(2-5-11)14-12-7-10(15-17-8-18-21-15)3-6-13(12)19-20-14/h1-7H,(H,19,20)(H,17,18,21). The molecule has 0 aliphatic carbocycles. The summed E-state index contributed by atoms with van der Waals surface area (Å²) in [6.07, 6.45) is 2.57. The first-order valence-corrected chi connectivity index (χ1v) is 6.34. The van der Waals surface area contributed by atoms with Gasteiger partial charge in [-0.1, -0.05) is 0 Å². The molecule has 0 atom stereocenters. The molecule has 101 valence electrons. The lowest BCUT2D eigenvalue weighted by molar-refractivity contribution is 0.628. The van der Waals surface area contributed by atoms with E-state index in [1.54, 1.807) is 12.1 Å². The topological polar surface area (TPSA) is 70.2 Å². The molecule has 4 aromatic rings. The smallest absolute Gasteiger partial charge is 0.193 e. The first-order chi connectivity index (χ1) is 10.3. The van der Waals surface area contributed by atoms with Gasteiger partial charge in [0.05, 0.1) is 11.2 Å². The third-order valence-corrected chi connectivity index (χ3v) is 3.31. The molecule has 5 nitrogen and oxygen atoms in total. The van der Waals surface area contributed by atoms with Crippen molar-refractivity contribution in [3.63, 3.8) is 0 Å². The highest BCUT2D eigenvalue weighted by Gasteiger charge is 2.11. The van der Waals surface area contributed by atoms with E-state index in [2.05, 4.69) is 31.7 Å². The summed E-state index contributed by atoms with van der Waals surface area (Å²) in [5, 5.41) is 14.8. The summed E-state index contributed by atoms with van der Waals surface area (Å²) >= 11 is 0. The molecule has 2 aromatic carbocycles. The Kier molecular flexibility index (Phi) is 2.53. The van der Waals surface area contributed by atoms with Crippen LogP contribution in [-0.2, 0) is 0 Å². The van der Waals surface area contributed by atoms with Crippen LogP contribution in [0.5, 0.6) is 0 Å². The maximum Gasteiger partial charge on any atom is 0.193 e. The average molecular weight is 278 g/mol. The Hall–Kier alpha value is -3.02. The van der Waals surface area contributed by atoms with Crippen LogP contribution in [0.25, 0.3) is 33.5 Å². The van der Waals surface area contributed by atoms with Gasteiger partial charge in [-0.15, -0.1) is 0 Å². The highest BCUT2D eigenvalue weighted by atomic mass is 19.1. The minimum absolute atomic E-state index is 0.268. The molecule has 0 saturated carbocycles. The van der Waals surface area contributed by atoms with Gasteiger partial charge in [0.25, 0.3) is 0 Å². The van der Waals surface area contributed by atoms with E-state index in [0.717, 1.165) is 27.7 Å². The number of benzene rings is 2. The molecule has 21 heavy (non-hydrogen) atoms. The highest BCUT2D eigenvalue weighted by Crippen LogP contribution is 2.29. The molecule has 0 spiro atoms. The fourth-order valence-electron chi connectivity index (χ4n) is 2.29. The first-order valence-electron chi connectivity index (χ1n) is 6.34. The van der Waals surface area contributed by atoms with Crippen molar-refractivity contribution in [1.82, 2.24) is 25.4 Å². The molecule has 2 N–H and O–H groups in total. The molecule has 0 aliphatic rings. The van der Waals surface area contributed by atoms with Crippen LogP contribution in [0.1, 0.15) is 0 Å². The lowest BCUT2D eigenvalue weighted by Gasteiger charge is -1.99. The summed E-state index contributed by atoms with van der Waals surface area (Å²) in [5.41, 5.74) is 3.38. The maximum absolute atomic E-state index is 13.0. The van der Waals surface area contributed by atoms with Gasteiger partial charge >= 0.3 is 0 Å². The predicted octanol–water partition coefficient (Wildman–Crippen LogP) is 2.95. The van der Waals surface area contributed by atoms with Crippen molar-refractivity contribution in [1.29, 1.82) is 0 Å². The number of rotatable bonds is 2. The van der Waals surface area contributed by atoms with E-state index >= 15 is 0 Å². The summed E-state index contributed by atoms with van der Waals surface area (Å²) in [5.74, 6) is 0.304. The number of nitrogens with zero attached hydrogens (tertiary/aromatic N) is 3. The van der Waals surface area contributed by atoms with Gasteiger partial charge in [0.2, 0.25) is 0 Å². The lowest BCUT2D eigenvalue weighted by Crippen LogP contribution is -1.82. The van der Waals surface area contributed by atoms with E-state index in [4.69, 9.17) is 0 Å². The van der Waals surface area contributed by atoms with Gasteiger partial charge < -0.3 is 0 Å². The van der Waals surface area contributed by atoms with Crippen molar-refractivity contribution in [2.24, 2.45) is 0 Å². The summed E-state index contributed by atoms with van der Waals surface area (Å²) in [6, 6.07) is 12.0. The molecule has 4 rings (SSSR count). The molecule has 0 fully saturated rings. The first kappa shape index (κ1) is 11.8. The van der Waals surface area contributed by atoms with Gasteiger partial charge in [0.15, 0.2) is 12.2 Å². The van der Waals surface area contributed by atoms with E-state index in [9.17, 15) is 4.39 Å². The van der Waals surface area contributed by atoms with Crippen LogP contribution in [0.15, 0.2) is 42.5 Å². The summed E-state index contributed by atoms with van der Waals surface area (Å²) in [4.78, 5) is 4.02. The largest absolute Gasteiger partial charge is 0.277 e. The van der Waals surface area contributed by atoms with Crippen molar-refractivity contribution in [3.05, 3.63) is 54.6 Å². The summed E-state index contributed by atoms with van der Waals surface area (Å²) in [7, 11) is 0. The van der Waals surface area contributed by atoms with Gasteiger partial charge in [0, 0.05) is 16.5 Å². The molecular formula is C15H9FN5. The second kappa shape index (κ2) is 4.52. The van der Waals surface area contributed by atoms with Gasteiger partial charge in [-0.25, -0.2) is 9.37 Å². The van der Waals surface area contributed by atoms with Crippen LogP contribution in [-0.4, -0.2) is 25.4 Å². The van der Waals surface area contributed by atoms with Gasteiger partial charge in [-0.3, -0.25) is 10.2 Å². The van der Waals surface area contributed by atoms with Crippen LogP contribution < -0.4 is 0 Å². The molecule has 0 saturated heterocycles. The van der Waals surface area contributed by atoms with E-state index in [0.29, 0.717) is 5.82 Å². The second-order valence-corrected chi connectivity index (χ2v) is 4.61. The molecular weight excluding hydrogens is 269 g/mol. The van der Waals surface area contributed by atoms with Crippen molar-refractivity contribution >= 4 is 10.9 Å². The SMILES string of the molecule is Fc1ccc(-c2n[nH]c3ccc(-c4n[c][nH]n4)cc23)cc1. The monoisotopic (exact) mass is 278 g/mol. The Morgan fingerprint density at radius 2 is 1.76 bits per heavy atom. The van der Waals surface area contributed by atoms with Gasteiger partial charge in [-0.05, 0) is 42.5 Å². The molecule has 1 radical (unpaired) electrons. The number of hydrogen-bond donors (Lipinski definition) is 2. The van der Waals surface area contributed by atoms with Gasteiger partial charge in [-0.2, -0.15) is 10.2 Å². The van der Waals surface area contributed by atoms with Crippen LogP contribution >= 0.6 is 0 Å². The Bertz CT molecular complexity index is 894. The second-order valence-electron chi connectivity index (χ2n) is 4.61. The third kappa shape index (κ3) is 1.97. The zero-order valence-corrected chi connectivity index (χ0v) is 10.8. The quantitative estimate of drug-likeness (QED) is 0.592. The normalized spacial score (nSPS) is 11.1. The predicted molar refractivity (Wildman–Crippen MR) is 75.7 cm³/mol. The molecule has 0 amide bonds. The molecule has 6 heteroatoms. The Morgan fingerprint density at radius 1 is 0.952 bits per heavy atom. The Balaban J connectivity index is 1.90. The average Bonchev–Trinajstić information content (AvgIpc) is 3.17. The number of halogens is 1. The number of H-pyrrole nitrogens is 2. The zero-order chi connectivity index (χ0) is 14.2. The van der Waals surface area contributed by atoms with Crippen molar-refractivity contribution < 1.29 is 4.39 Å². The van der Waals surface area contributed by atoms with E-state index < -0.39 is 0 Å². The number of aromatic nitrogens is 5. The Morgan fingerprint density at radius 3 is 2.52 bits per heavy atom. The zero-order valence-electron chi connectivity index (χ0n) is 10.8. The fourth-order valence-corrected chi connectivity index (χ4v) is 2.29. The Labute approximate surface area is 118 Å². The third-order valence-electron chi connectivity index (χ3n) is 3.31. The maximum atomic E-state index is 13.0. The minimum Gasteiger partial charge on any atom is -0.277 e. The van der Waals surface area contributed by atoms with Crippen LogP contribution in [0.3, 0.4) is 0 Å². The van der Waals surface area contributed by atoms with Gasteiger partial charge in [0.1, 0.15) is 5.82 Å². The number of aromatic amines is 2. The number of nitrogens with one attached hydrogen (secondary N) is 2. The van der Waals surface area contributed by atoms with Crippen molar-refractivity contribution in [2.45, 2.75) is 0 Å². The minimum atomic E-state index is -0.268. The number of fused-ring (bicyclic) bond motifs is 1. The lowest BCUT2D eigenvalue weighted by atomic mass is 10.1. The van der Waals surface area contributed by atoms with Crippen LogP contribution in [0.4, 0.5) is 4.39 Å². The molecule has 2 heterocycles. The molecule has 2 aromatic heterocycles. The number of hydrogen-bond acceptors (Lipinski definition) is 3. The summed E-state index contributed by atoms with van der Waals surface area (Å²) < 4.78 is 13.0. The van der Waals surface area contributed by atoms with Crippen LogP contribution in [0, 0.1) is 12.1 Å². The fraction of sp³-hybridized carbons (Fsp3) is 0. The molecule has 0 bridgehead atoms. The molecule has 0 aliphatic heterocycles. The van der Waals surface area contributed by atoms with Crippen LogP contribution in [0.2, 0.25) is 0 Å². The van der Waals surface area contributed by atoms with E-state index in [1.807, 2.05) is 18.2 Å². The highest BCUT2D eigenvalue weighted by molar-refractivity contribution is 5.95. The van der Waals surface area contributed by atoms with Crippen molar-refractivity contribution in [2.75, 3.05) is 0 Å². The summed E-state index contributed by atoms with van der Waals surface area (Å²) in [6.45, 7) is 0. The molecule has 0 unspecified atom stereocenters. The van der Waals surface area contributed by atoms with E-state index in [1.165, 1.54) is 12.1 Å².